The Morgan fingerprint density at radius 2 is 1.71 bits per heavy atom. The largest absolute Gasteiger partial charge is 0.479 e. The van der Waals surface area contributed by atoms with E-state index in [-0.39, 0.29) is 6.61 Å². The molecular formula is C20H20F3NO4. The Bertz CT molecular complexity index is 787. The van der Waals surface area contributed by atoms with E-state index >= 15 is 0 Å². The minimum atomic E-state index is -4.36. The first-order valence-corrected chi connectivity index (χ1v) is 8.58. The summed E-state index contributed by atoms with van der Waals surface area (Å²) in [5.41, 5.74) is 0.786. The number of aliphatic carboxylic acids is 1. The molecule has 0 bridgehead atoms. The van der Waals surface area contributed by atoms with Gasteiger partial charge in [0.25, 0.3) is 0 Å². The number of ether oxygens (including phenoxy) is 1. The quantitative estimate of drug-likeness (QED) is 0.494. The number of hydrogen-bond donors (Lipinski definition) is 1. The van der Waals surface area contributed by atoms with Crippen molar-refractivity contribution < 1.29 is 32.6 Å². The van der Waals surface area contributed by atoms with Crippen molar-refractivity contribution in [2.24, 2.45) is 5.16 Å². The summed E-state index contributed by atoms with van der Waals surface area (Å²) in [7, 11) is 0. The summed E-state index contributed by atoms with van der Waals surface area (Å²) in [6.45, 7) is 1.79. The van der Waals surface area contributed by atoms with E-state index in [1.807, 2.05) is 0 Å². The molecule has 0 spiro atoms. The Kier molecular flexibility index (Phi) is 7.43. The van der Waals surface area contributed by atoms with Crippen LogP contribution in [0.3, 0.4) is 0 Å². The number of carbonyl (C=O) groups is 1. The van der Waals surface area contributed by atoms with Crippen molar-refractivity contribution in [3.05, 3.63) is 65.2 Å². The van der Waals surface area contributed by atoms with Crippen LogP contribution in [-0.4, -0.2) is 23.4 Å². The highest BCUT2D eigenvalue weighted by Gasteiger charge is 2.29. The first-order chi connectivity index (χ1) is 13.3. The zero-order valence-corrected chi connectivity index (χ0v) is 15.1. The van der Waals surface area contributed by atoms with Crippen molar-refractivity contribution in [1.29, 1.82) is 0 Å². The van der Waals surface area contributed by atoms with Crippen LogP contribution in [0.25, 0.3) is 0 Å². The molecule has 1 unspecified atom stereocenters. The van der Waals surface area contributed by atoms with Crippen LogP contribution < -0.4 is 4.74 Å². The van der Waals surface area contributed by atoms with E-state index in [0.717, 1.165) is 17.7 Å². The molecular weight excluding hydrogens is 375 g/mol. The van der Waals surface area contributed by atoms with E-state index < -0.39 is 23.8 Å². The van der Waals surface area contributed by atoms with Gasteiger partial charge in [0, 0.05) is 12.6 Å². The molecule has 0 saturated carbocycles. The molecule has 0 aromatic heterocycles. The van der Waals surface area contributed by atoms with Gasteiger partial charge in [-0.05, 0) is 41.8 Å². The Morgan fingerprint density at radius 1 is 1.11 bits per heavy atom. The monoisotopic (exact) mass is 395 g/mol. The molecule has 1 N–H and O–H groups in total. The third-order valence-corrected chi connectivity index (χ3v) is 3.84. The molecule has 0 heterocycles. The highest BCUT2D eigenvalue weighted by Crippen LogP contribution is 2.29. The average molecular weight is 395 g/mol. The van der Waals surface area contributed by atoms with Gasteiger partial charge in [-0.15, -0.1) is 0 Å². The second-order valence-corrected chi connectivity index (χ2v) is 5.96. The minimum absolute atomic E-state index is 0.0645. The molecule has 0 aliphatic heterocycles. The van der Waals surface area contributed by atoms with Gasteiger partial charge in [-0.2, -0.15) is 13.2 Å². The molecule has 28 heavy (non-hydrogen) atoms. The number of rotatable bonds is 9. The third-order valence-electron chi connectivity index (χ3n) is 3.84. The first-order valence-electron chi connectivity index (χ1n) is 8.58. The van der Waals surface area contributed by atoms with Crippen LogP contribution in [0, 0.1) is 0 Å². The fourth-order valence-corrected chi connectivity index (χ4v) is 2.27. The van der Waals surface area contributed by atoms with Gasteiger partial charge in [0.05, 0.1) is 5.56 Å². The van der Waals surface area contributed by atoms with E-state index in [1.165, 1.54) is 18.3 Å². The summed E-state index contributed by atoms with van der Waals surface area (Å²) in [6.07, 6.45) is -2.87. The Morgan fingerprint density at radius 3 is 2.25 bits per heavy atom. The molecule has 8 heteroatoms. The van der Waals surface area contributed by atoms with Gasteiger partial charge in [-0.25, -0.2) is 4.79 Å². The van der Waals surface area contributed by atoms with Gasteiger partial charge in [-0.3, -0.25) is 0 Å². The van der Waals surface area contributed by atoms with E-state index in [9.17, 15) is 18.0 Å². The van der Waals surface area contributed by atoms with Crippen LogP contribution in [0.5, 0.6) is 5.75 Å². The molecule has 0 aliphatic rings. The smallest absolute Gasteiger partial charge is 0.416 e. The maximum absolute atomic E-state index is 12.5. The molecule has 5 nitrogen and oxygen atoms in total. The molecule has 150 valence electrons. The zero-order chi connectivity index (χ0) is 20.6. The summed E-state index contributed by atoms with van der Waals surface area (Å²) in [6, 6.07) is 11.6. The van der Waals surface area contributed by atoms with Crippen LogP contribution in [-0.2, 0) is 28.8 Å². The number of nitrogens with zero attached hydrogens (tertiary/aromatic N) is 1. The molecule has 2 aromatic rings. The summed E-state index contributed by atoms with van der Waals surface area (Å²) in [4.78, 5) is 16.0. The van der Waals surface area contributed by atoms with Crippen molar-refractivity contribution in [1.82, 2.24) is 0 Å². The highest BCUT2D eigenvalue weighted by molar-refractivity contribution is 5.72. The summed E-state index contributed by atoms with van der Waals surface area (Å²) >= 11 is 0. The van der Waals surface area contributed by atoms with Crippen molar-refractivity contribution >= 4 is 12.2 Å². The molecule has 0 amide bonds. The number of benzene rings is 2. The Balaban J connectivity index is 1.78. The summed E-state index contributed by atoms with van der Waals surface area (Å²) < 4.78 is 42.8. The van der Waals surface area contributed by atoms with Gasteiger partial charge >= 0.3 is 12.1 Å². The van der Waals surface area contributed by atoms with Crippen molar-refractivity contribution in [3.63, 3.8) is 0 Å². The lowest BCUT2D eigenvalue weighted by molar-refractivity contribution is -0.145. The number of carboxylic acid groups (broad SMARTS) is 1. The second kappa shape index (κ2) is 9.77. The van der Waals surface area contributed by atoms with Crippen molar-refractivity contribution in [2.45, 2.75) is 38.7 Å². The molecule has 2 rings (SSSR count). The van der Waals surface area contributed by atoms with E-state index in [0.29, 0.717) is 24.2 Å². The maximum Gasteiger partial charge on any atom is 0.416 e. The lowest BCUT2D eigenvalue weighted by Crippen LogP contribution is -2.25. The minimum Gasteiger partial charge on any atom is -0.479 e. The first kappa shape index (κ1) is 21.3. The number of halogens is 3. The molecule has 0 aliphatic carbocycles. The van der Waals surface area contributed by atoms with E-state index in [1.54, 1.807) is 31.2 Å². The fourth-order valence-electron chi connectivity index (χ4n) is 2.27. The third kappa shape index (κ3) is 6.61. The van der Waals surface area contributed by atoms with Crippen molar-refractivity contribution in [2.75, 3.05) is 0 Å². The standard InChI is InChI=1S/C20H20F3NO4/c1-2-18(19(25)26)28-17-9-5-14(6-10-17)11-12-24-27-13-15-3-7-16(8-4-15)20(21,22)23/h3-10,12,18H,2,11,13H2,1H3,(H,25,26). The average Bonchev–Trinajstić information content (AvgIpc) is 2.66. The lowest BCUT2D eigenvalue weighted by Gasteiger charge is -2.13. The highest BCUT2D eigenvalue weighted by atomic mass is 19.4. The Labute approximate surface area is 160 Å². The van der Waals surface area contributed by atoms with Crippen LogP contribution in [0.1, 0.15) is 30.0 Å². The fraction of sp³-hybridized carbons (Fsp3) is 0.300. The van der Waals surface area contributed by atoms with Crippen LogP contribution >= 0.6 is 0 Å². The van der Waals surface area contributed by atoms with Gasteiger partial charge in [0.2, 0.25) is 0 Å². The summed E-state index contributed by atoms with van der Waals surface area (Å²) in [5.74, 6) is -0.544. The van der Waals surface area contributed by atoms with Gasteiger partial charge < -0.3 is 14.7 Å². The molecule has 0 saturated heterocycles. The van der Waals surface area contributed by atoms with Gasteiger partial charge in [0.1, 0.15) is 12.4 Å². The molecule has 0 radical (unpaired) electrons. The summed E-state index contributed by atoms with van der Waals surface area (Å²) in [5, 5.41) is 12.8. The van der Waals surface area contributed by atoms with Gasteiger partial charge in [-0.1, -0.05) is 36.3 Å². The van der Waals surface area contributed by atoms with Crippen molar-refractivity contribution in [3.8, 4) is 5.75 Å². The predicted molar refractivity (Wildman–Crippen MR) is 97.2 cm³/mol. The van der Waals surface area contributed by atoms with E-state index in [4.69, 9.17) is 14.7 Å². The normalized spacial score (nSPS) is 12.7. The van der Waals surface area contributed by atoms with Crippen LogP contribution in [0.4, 0.5) is 13.2 Å². The Hall–Kier alpha value is -3.03. The van der Waals surface area contributed by atoms with Crippen LogP contribution in [0.2, 0.25) is 0 Å². The number of carboxylic acids is 1. The number of oxime groups is 1. The predicted octanol–water partition coefficient (Wildman–Crippen LogP) is 4.69. The van der Waals surface area contributed by atoms with Crippen LogP contribution in [0.15, 0.2) is 53.7 Å². The second-order valence-electron chi connectivity index (χ2n) is 5.96. The number of alkyl halides is 3. The van der Waals surface area contributed by atoms with E-state index in [2.05, 4.69) is 5.16 Å². The molecule has 0 fully saturated rings. The molecule has 2 aromatic carbocycles. The zero-order valence-electron chi connectivity index (χ0n) is 15.1. The lowest BCUT2D eigenvalue weighted by atomic mass is 10.1. The maximum atomic E-state index is 12.5. The van der Waals surface area contributed by atoms with Gasteiger partial charge in [0.15, 0.2) is 6.10 Å². The number of hydrogen-bond acceptors (Lipinski definition) is 4. The molecule has 1 atom stereocenters. The SMILES string of the molecule is CCC(Oc1ccc(CC=NOCc2ccc(C(F)(F)F)cc2)cc1)C(=O)O. The topological polar surface area (TPSA) is 68.1 Å².